The summed E-state index contributed by atoms with van der Waals surface area (Å²) in [4.78, 5) is 57.1. The molecule has 10 rings (SSSR count). The number of anilines is 2. The van der Waals surface area contributed by atoms with Gasteiger partial charge in [0.05, 0.1) is 23.2 Å². The number of carbonyl (C=O) groups is 4. The van der Waals surface area contributed by atoms with Crippen LogP contribution in [0.4, 0.5) is 25.1 Å². The molecule has 4 N–H and O–H groups in total. The molecule has 0 bridgehead atoms. The number of ether oxygens (including phenoxy) is 2. The quantitative estimate of drug-likeness (QED) is 0.125. The van der Waals surface area contributed by atoms with Crippen LogP contribution in [0.5, 0.6) is 11.5 Å². The minimum Gasteiger partial charge on any atom is -0.494 e. The van der Waals surface area contributed by atoms with E-state index in [-0.39, 0.29) is 68.8 Å². The summed E-state index contributed by atoms with van der Waals surface area (Å²) in [5.41, 5.74) is 7.79. The molecule has 1 spiro atoms. The van der Waals surface area contributed by atoms with Crippen LogP contribution < -0.4 is 35.6 Å². The lowest BCUT2D eigenvalue weighted by molar-refractivity contribution is -0.139. The number of urea groups is 1. The summed E-state index contributed by atoms with van der Waals surface area (Å²) in [6, 6.07) is 19.4. The lowest BCUT2D eigenvalue weighted by atomic mass is 9.71. The van der Waals surface area contributed by atoms with Gasteiger partial charge in [0.1, 0.15) is 11.6 Å². The fraction of sp³-hybridized carbons (Fsp3) is 0.442. The van der Waals surface area contributed by atoms with Crippen molar-refractivity contribution in [3.63, 3.8) is 0 Å². The smallest absolute Gasteiger partial charge is 0.329 e. The predicted molar refractivity (Wildman–Crippen MR) is 259 cm³/mol. The average Bonchev–Trinajstić information content (AvgIpc) is 3.83. The van der Waals surface area contributed by atoms with Gasteiger partial charge in [-0.3, -0.25) is 29.3 Å². The number of primary amides is 1. The highest BCUT2D eigenvalue weighted by molar-refractivity contribution is 6.34. The highest BCUT2D eigenvalue weighted by Crippen LogP contribution is 2.57. The van der Waals surface area contributed by atoms with Gasteiger partial charge in [-0.05, 0) is 92.7 Å². The van der Waals surface area contributed by atoms with Gasteiger partial charge in [-0.1, -0.05) is 48.9 Å². The Morgan fingerprint density at radius 2 is 1.65 bits per heavy atom. The number of hydrogen-bond donors (Lipinski definition) is 3. The van der Waals surface area contributed by atoms with Crippen molar-refractivity contribution >= 4 is 57.8 Å². The van der Waals surface area contributed by atoms with E-state index >= 15 is 8.78 Å². The van der Waals surface area contributed by atoms with Gasteiger partial charge in [0.15, 0.2) is 23.0 Å². The molecule has 4 fully saturated rings. The maximum atomic E-state index is 16.2. The largest absolute Gasteiger partial charge is 0.494 e. The summed E-state index contributed by atoms with van der Waals surface area (Å²) in [6.45, 7) is 5.92. The first-order valence-corrected chi connectivity index (χ1v) is 24.4. The Kier molecular flexibility index (Phi) is 12.3. The van der Waals surface area contributed by atoms with E-state index in [1.165, 1.54) is 30.2 Å². The molecule has 5 aromatic rings. The van der Waals surface area contributed by atoms with Crippen LogP contribution in [0.25, 0.3) is 22.0 Å². The lowest BCUT2D eigenvalue weighted by Crippen LogP contribution is -2.50. The van der Waals surface area contributed by atoms with Crippen LogP contribution in [0.3, 0.4) is 0 Å². The van der Waals surface area contributed by atoms with E-state index in [0.29, 0.717) is 24.5 Å². The lowest BCUT2D eigenvalue weighted by Gasteiger charge is -2.48. The Balaban J connectivity index is 0.764. The molecule has 2 unspecified atom stereocenters. The van der Waals surface area contributed by atoms with Crippen molar-refractivity contribution in [2.24, 2.45) is 24.1 Å². The standard InChI is InChI=1S/C52H57ClF2N8O6/c1-30-42-40(28-37(54)45(53)44(42)43-36(47(56)65)15-16-39(68-3)46(43)55)69-52(30,32-7-5-4-6-8-32)29-57-33-11-9-31(10-12-33)49(66)62-25-20-51(21-26-62)18-23-61(24-19-51)34-13-14-35-38(27-34)60(2)59-48(35)63-22-17-41(64)58-50(63)67/h4-8,13-16,27-28,30-31,33,57H,9-12,17-26,29H2,1-3H3,(H2,56,65)(H,58,64,67). The van der Waals surface area contributed by atoms with Gasteiger partial charge < -0.3 is 30.3 Å². The zero-order chi connectivity index (χ0) is 48.4. The third kappa shape index (κ3) is 8.22. The van der Waals surface area contributed by atoms with Crippen LogP contribution in [0.15, 0.2) is 66.7 Å². The van der Waals surface area contributed by atoms with E-state index in [1.807, 2.05) is 50.4 Å². The topological polar surface area (TPSA) is 164 Å². The van der Waals surface area contributed by atoms with E-state index in [1.54, 1.807) is 4.68 Å². The third-order valence-corrected chi connectivity index (χ3v) is 16.3. The molecule has 4 aliphatic heterocycles. The molecule has 69 heavy (non-hydrogen) atoms. The van der Waals surface area contributed by atoms with Crippen molar-refractivity contribution in [2.45, 2.75) is 82.3 Å². The van der Waals surface area contributed by atoms with Crippen LogP contribution in [0.1, 0.15) is 92.1 Å². The number of likely N-dealkylation sites (tertiary alicyclic amines) is 1. The van der Waals surface area contributed by atoms with Crippen molar-refractivity contribution in [3.05, 3.63) is 100 Å². The third-order valence-electron chi connectivity index (χ3n) is 15.9. The van der Waals surface area contributed by atoms with E-state index in [9.17, 15) is 19.2 Å². The number of benzene rings is 4. The Labute approximate surface area is 404 Å². The van der Waals surface area contributed by atoms with Crippen LogP contribution in [0, 0.1) is 23.0 Å². The Bertz CT molecular complexity index is 2850. The first-order valence-electron chi connectivity index (χ1n) is 24.0. The van der Waals surface area contributed by atoms with Gasteiger partial charge in [0.25, 0.3) is 0 Å². The number of amides is 5. The molecule has 5 aliphatic rings. The molecule has 5 heterocycles. The number of aryl methyl sites for hydroxylation is 1. The van der Waals surface area contributed by atoms with Gasteiger partial charge in [-0.15, -0.1) is 0 Å². The number of aromatic nitrogens is 2. The number of rotatable bonds is 10. The molecular weight excluding hydrogens is 906 g/mol. The highest BCUT2D eigenvalue weighted by Gasteiger charge is 2.50. The molecule has 1 aliphatic carbocycles. The number of imide groups is 1. The van der Waals surface area contributed by atoms with E-state index < -0.39 is 35.1 Å². The maximum Gasteiger partial charge on any atom is 0.329 e. The van der Waals surface area contributed by atoms with E-state index in [2.05, 4.69) is 37.7 Å². The van der Waals surface area contributed by atoms with Gasteiger partial charge in [-0.2, -0.15) is 5.10 Å². The second-order valence-electron chi connectivity index (χ2n) is 19.6. The molecule has 0 radical (unpaired) electrons. The number of carbonyl (C=O) groups excluding carboxylic acids is 4. The normalized spacial score (nSPS) is 23.5. The van der Waals surface area contributed by atoms with Crippen molar-refractivity contribution in [2.75, 3.05) is 56.2 Å². The molecule has 5 amide bonds. The maximum absolute atomic E-state index is 16.2. The molecule has 1 aromatic heterocycles. The zero-order valence-corrected chi connectivity index (χ0v) is 39.8. The van der Waals surface area contributed by atoms with Crippen molar-refractivity contribution in [1.82, 2.24) is 25.3 Å². The Hall–Kier alpha value is -6.26. The average molecular weight is 964 g/mol. The summed E-state index contributed by atoms with van der Waals surface area (Å²) in [6.07, 6.45) is 7.41. The van der Waals surface area contributed by atoms with Gasteiger partial charge >= 0.3 is 6.03 Å². The molecular formula is C52H57ClF2N8O6. The number of nitrogens with zero attached hydrogens (tertiary/aromatic N) is 5. The van der Waals surface area contributed by atoms with E-state index in [4.69, 9.17) is 26.8 Å². The number of methoxy groups -OCH3 is 1. The van der Waals surface area contributed by atoms with Crippen LogP contribution >= 0.6 is 11.6 Å². The summed E-state index contributed by atoms with van der Waals surface area (Å²) in [5.74, 6) is -2.61. The van der Waals surface area contributed by atoms with E-state index in [0.717, 1.165) is 99.7 Å². The van der Waals surface area contributed by atoms with Crippen molar-refractivity contribution in [3.8, 4) is 22.6 Å². The summed E-state index contributed by atoms with van der Waals surface area (Å²) in [5, 5.41) is 11.3. The van der Waals surface area contributed by atoms with Crippen molar-refractivity contribution < 1.29 is 37.4 Å². The number of fused-ring (bicyclic) bond motifs is 2. The number of nitrogens with two attached hydrogens (primary N) is 1. The fourth-order valence-corrected chi connectivity index (χ4v) is 12.1. The fourth-order valence-electron chi connectivity index (χ4n) is 11.8. The number of nitrogens with one attached hydrogen (secondary N) is 2. The number of halogens is 3. The van der Waals surface area contributed by atoms with Crippen LogP contribution in [0.2, 0.25) is 5.02 Å². The zero-order valence-electron chi connectivity index (χ0n) is 39.1. The summed E-state index contributed by atoms with van der Waals surface area (Å²) < 4.78 is 45.9. The summed E-state index contributed by atoms with van der Waals surface area (Å²) in [7, 11) is 3.17. The SMILES string of the molecule is COc1ccc(C(N)=O)c(-c2c(Cl)c(F)cc3c2C(C)C(CNC2CCC(C(=O)N4CCC5(CC4)CCN(c4ccc6c(N7CCC(=O)NC7=O)nn(C)c6c4)CC5)CC2)(c2ccccc2)O3)c1F. The molecule has 3 saturated heterocycles. The van der Waals surface area contributed by atoms with Gasteiger partial charge in [0.2, 0.25) is 17.7 Å². The predicted octanol–water partition coefficient (Wildman–Crippen LogP) is 8.17. The molecule has 17 heteroatoms. The minimum absolute atomic E-state index is 0.00221. The van der Waals surface area contributed by atoms with Gasteiger partial charge in [-0.25, -0.2) is 13.6 Å². The summed E-state index contributed by atoms with van der Waals surface area (Å²) >= 11 is 6.71. The molecule has 4 aromatic carbocycles. The van der Waals surface area contributed by atoms with Crippen molar-refractivity contribution in [1.29, 1.82) is 0 Å². The second-order valence-corrected chi connectivity index (χ2v) is 19.9. The highest BCUT2D eigenvalue weighted by atomic mass is 35.5. The van der Waals surface area contributed by atoms with Crippen LogP contribution in [-0.2, 0) is 22.2 Å². The molecule has 14 nitrogen and oxygen atoms in total. The monoisotopic (exact) mass is 962 g/mol. The second kappa shape index (κ2) is 18.2. The minimum atomic E-state index is -1.07. The molecule has 1 saturated carbocycles. The Morgan fingerprint density at radius 1 is 0.942 bits per heavy atom. The first kappa shape index (κ1) is 46.5. The van der Waals surface area contributed by atoms with Crippen LogP contribution in [-0.4, -0.2) is 90.9 Å². The van der Waals surface area contributed by atoms with Gasteiger partial charge in [0, 0.05) is 104 Å². The molecule has 2 atom stereocenters. The Morgan fingerprint density at radius 3 is 2.33 bits per heavy atom. The number of hydrogen-bond acceptors (Lipinski definition) is 9. The number of piperidine rings is 2. The first-order chi connectivity index (χ1) is 33.2. The molecule has 362 valence electrons.